The lowest BCUT2D eigenvalue weighted by Gasteiger charge is -2.07. The Balaban J connectivity index is 2.34. The molecule has 15 heavy (non-hydrogen) atoms. The van der Waals surface area contributed by atoms with Crippen molar-refractivity contribution < 1.29 is 4.79 Å². The molecular formula is C14H20O. The van der Waals surface area contributed by atoms with Gasteiger partial charge in [-0.15, -0.1) is 0 Å². The SMILES string of the molecule is CCC(C)CCCc1ccc(C=O)cc1. The van der Waals surface area contributed by atoms with E-state index >= 15 is 0 Å². The van der Waals surface area contributed by atoms with Crippen molar-refractivity contribution in [2.45, 2.75) is 39.5 Å². The third-order valence-electron chi connectivity index (χ3n) is 2.98. The van der Waals surface area contributed by atoms with Gasteiger partial charge in [0.2, 0.25) is 0 Å². The van der Waals surface area contributed by atoms with Crippen molar-refractivity contribution in [1.29, 1.82) is 0 Å². The lowest BCUT2D eigenvalue weighted by Crippen LogP contribution is -1.94. The van der Waals surface area contributed by atoms with Crippen LogP contribution in [0.5, 0.6) is 0 Å². The molecule has 0 fully saturated rings. The molecule has 0 aliphatic rings. The van der Waals surface area contributed by atoms with Crippen LogP contribution in [-0.4, -0.2) is 6.29 Å². The van der Waals surface area contributed by atoms with Gasteiger partial charge in [-0.05, 0) is 24.3 Å². The van der Waals surface area contributed by atoms with E-state index in [9.17, 15) is 4.79 Å². The van der Waals surface area contributed by atoms with E-state index in [4.69, 9.17) is 0 Å². The van der Waals surface area contributed by atoms with Crippen LogP contribution in [0.4, 0.5) is 0 Å². The molecule has 1 unspecified atom stereocenters. The molecule has 0 saturated heterocycles. The number of aryl methyl sites for hydroxylation is 1. The Morgan fingerprint density at radius 3 is 2.47 bits per heavy atom. The van der Waals surface area contributed by atoms with Crippen molar-refractivity contribution >= 4 is 6.29 Å². The first kappa shape index (κ1) is 12.0. The van der Waals surface area contributed by atoms with Gasteiger partial charge in [-0.25, -0.2) is 0 Å². The molecule has 1 atom stereocenters. The molecule has 0 spiro atoms. The summed E-state index contributed by atoms with van der Waals surface area (Å²) in [5, 5.41) is 0. The zero-order valence-electron chi connectivity index (χ0n) is 9.70. The van der Waals surface area contributed by atoms with E-state index in [2.05, 4.69) is 26.0 Å². The van der Waals surface area contributed by atoms with Crippen LogP contribution in [0.3, 0.4) is 0 Å². The first-order valence-electron chi connectivity index (χ1n) is 5.80. The second kappa shape index (κ2) is 6.39. The molecule has 0 heterocycles. The predicted octanol–water partition coefficient (Wildman–Crippen LogP) is 3.87. The maximum absolute atomic E-state index is 10.5. The summed E-state index contributed by atoms with van der Waals surface area (Å²) in [6.45, 7) is 4.54. The Bertz CT molecular complexity index is 287. The molecule has 0 saturated carbocycles. The number of benzene rings is 1. The largest absolute Gasteiger partial charge is 0.298 e. The van der Waals surface area contributed by atoms with Gasteiger partial charge in [0.15, 0.2) is 0 Å². The molecule has 1 aromatic rings. The molecule has 0 amide bonds. The van der Waals surface area contributed by atoms with Gasteiger partial charge < -0.3 is 0 Å². The van der Waals surface area contributed by atoms with E-state index in [-0.39, 0.29) is 0 Å². The average molecular weight is 204 g/mol. The lowest BCUT2D eigenvalue weighted by atomic mass is 9.99. The highest BCUT2D eigenvalue weighted by molar-refractivity contribution is 5.74. The maximum atomic E-state index is 10.5. The Labute approximate surface area is 92.5 Å². The van der Waals surface area contributed by atoms with Crippen molar-refractivity contribution in [3.05, 3.63) is 35.4 Å². The number of carbonyl (C=O) groups is 1. The third-order valence-corrected chi connectivity index (χ3v) is 2.98. The molecule has 82 valence electrons. The van der Waals surface area contributed by atoms with Crippen LogP contribution in [-0.2, 0) is 6.42 Å². The fourth-order valence-electron chi connectivity index (χ4n) is 1.62. The topological polar surface area (TPSA) is 17.1 Å². The number of carbonyl (C=O) groups excluding carboxylic acids is 1. The van der Waals surface area contributed by atoms with Crippen LogP contribution in [0.15, 0.2) is 24.3 Å². The molecular weight excluding hydrogens is 184 g/mol. The van der Waals surface area contributed by atoms with Crippen LogP contribution in [0.1, 0.15) is 49.0 Å². The molecule has 0 aliphatic heterocycles. The third kappa shape index (κ3) is 4.28. The summed E-state index contributed by atoms with van der Waals surface area (Å²) in [7, 11) is 0. The van der Waals surface area contributed by atoms with Crippen LogP contribution in [0.2, 0.25) is 0 Å². The van der Waals surface area contributed by atoms with E-state index in [0.717, 1.165) is 24.2 Å². The number of rotatable bonds is 6. The number of aldehydes is 1. The zero-order chi connectivity index (χ0) is 11.1. The van der Waals surface area contributed by atoms with Gasteiger partial charge in [-0.1, -0.05) is 51.0 Å². The van der Waals surface area contributed by atoms with Crippen LogP contribution in [0, 0.1) is 5.92 Å². The molecule has 1 nitrogen and oxygen atoms in total. The van der Waals surface area contributed by atoms with Crippen molar-refractivity contribution in [3.8, 4) is 0 Å². The van der Waals surface area contributed by atoms with Gasteiger partial charge in [-0.3, -0.25) is 4.79 Å². The first-order chi connectivity index (χ1) is 7.26. The summed E-state index contributed by atoms with van der Waals surface area (Å²) >= 11 is 0. The monoisotopic (exact) mass is 204 g/mol. The normalized spacial score (nSPS) is 12.4. The Hall–Kier alpha value is -1.11. The maximum Gasteiger partial charge on any atom is 0.150 e. The van der Waals surface area contributed by atoms with E-state index in [1.54, 1.807) is 0 Å². The highest BCUT2D eigenvalue weighted by Gasteiger charge is 1.99. The van der Waals surface area contributed by atoms with Crippen LogP contribution < -0.4 is 0 Å². The van der Waals surface area contributed by atoms with E-state index in [0.29, 0.717) is 0 Å². The Kier molecular flexibility index (Phi) is 5.09. The first-order valence-corrected chi connectivity index (χ1v) is 5.80. The van der Waals surface area contributed by atoms with Gasteiger partial charge >= 0.3 is 0 Å². The predicted molar refractivity (Wildman–Crippen MR) is 64.2 cm³/mol. The number of hydrogen-bond donors (Lipinski definition) is 0. The average Bonchev–Trinajstić information content (AvgIpc) is 2.29. The van der Waals surface area contributed by atoms with Crippen LogP contribution >= 0.6 is 0 Å². The van der Waals surface area contributed by atoms with Crippen molar-refractivity contribution in [2.75, 3.05) is 0 Å². The summed E-state index contributed by atoms with van der Waals surface area (Å²) in [5.74, 6) is 0.833. The molecule has 0 bridgehead atoms. The molecule has 0 N–H and O–H groups in total. The van der Waals surface area contributed by atoms with Crippen LogP contribution in [0.25, 0.3) is 0 Å². The number of hydrogen-bond acceptors (Lipinski definition) is 1. The molecule has 1 rings (SSSR count). The van der Waals surface area contributed by atoms with Crippen molar-refractivity contribution in [2.24, 2.45) is 5.92 Å². The molecule has 0 aromatic heterocycles. The Morgan fingerprint density at radius 2 is 1.93 bits per heavy atom. The summed E-state index contributed by atoms with van der Waals surface area (Å²) < 4.78 is 0. The summed E-state index contributed by atoms with van der Waals surface area (Å²) in [6.07, 6.45) is 5.83. The van der Waals surface area contributed by atoms with Gasteiger partial charge in [0.05, 0.1) is 0 Å². The summed E-state index contributed by atoms with van der Waals surface area (Å²) in [4.78, 5) is 10.5. The summed E-state index contributed by atoms with van der Waals surface area (Å²) in [6, 6.07) is 7.90. The summed E-state index contributed by atoms with van der Waals surface area (Å²) in [5.41, 5.74) is 2.10. The van der Waals surface area contributed by atoms with Gasteiger partial charge in [0, 0.05) is 5.56 Å². The van der Waals surface area contributed by atoms with Gasteiger partial charge in [-0.2, -0.15) is 0 Å². The van der Waals surface area contributed by atoms with Crippen molar-refractivity contribution in [3.63, 3.8) is 0 Å². The minimum atomic E-state index is 0.765. The van der Waals surface area contributed by atoms with E-state index < -0.39 is 0 Å². The smallest absolute Gasteiger partial charge is 0.150 e. The standard InChI is InChI=1S/C14H20O/c1-3-12(2)5-4-6-13-7-9-14(11-15)10-8-13/h7-12H,3-6H2,1-2H3. The zero-order valence-corrected chi connectivity index (χ0v) is 9.70. The second-order valence-corrected chi connectivity index (χ2v) is 4.27. The lowest BCUT2D eigenvalue weighted by molar-refractivity contribution is 0.112. The van der Waals surface area contributed by atoms with Crippen molar-refractivity contribution in [1.82, 2.24) is 0 Å². The highest BCUT2D eigenvalue weighted by Crippen LogP contribution is 2.13. The molecule has 0 aliphatic carbocycles. The van der Waals surface area contributed by atoms with E-state index in [1.165, 1.54) is 24.8 Å². The fraction of sp³-hybridized carbons (Fsp3) is 0.500. The minimum absolute atomic E-state index is 0.765. The quantitative estimate of drug-likeness (QED) is 0.643. The highest BCUT2D eigenvalue weighted by atomic mass is 16.1. The Morgan fingerprint density at radius 1 is 1.27 bits per heavy atom. The minimum Gasteiger partial charge on any atom is -0.298 e. The van der Waals surface area contributed by atoms with Gasteiger partial charge in [0.25, 0.3) is 0 Å². The molecule has 1 aromatic carbocycles. The van der Waals surface area contributed by atoms with Gasteiger partial charge in [0.1, 0.15) is 6.29 Å². The fourth-order valence-corrected chi connectivity index (χ4v) is 1.62. The molecule has 0 radical (unpaired) electrons. The second-order valence-electron chi connectivity index (χ2n) is 4.27. The van der Waals surface area contributed by atoms with E-state index in [1.807, 2.05) is 12.1 Å². The molecule has 1 heteroatoms.